The molecule has 1 unspecified atom stereocenters. The third-order valence-electron chi connectivity index (χ3n) is 4.01. The average Bonchev–Trinajstić information content (AvgIpc) is 2.76. The van der Waals surface area contributed by atoms with Gasteiger partial charge in [-0.15, -0.1) is 0 Å². The molecular weight excluding hydrogens is 353 g/mol. The quantitative estimate of drug-likeness (QED) is 0.862. The molecule has 0 aliphatic carbocycles. The summed E-state index contributed by atoms with van der Waals surface area (Å²) in [5, 5.41) is 14.8. The van der Waals surface area contributed by atoms with Crippen LogP contribution in [0.3, 0.4) is 0 Å². The highest BCUT2D eigenvalue weighted by Gasteiger charge is 2.44. The number of alkyl halides is 3. The van der Waals surface area contributed by atoms with Crippen LogP contribution in [0.15, 0.2) is 12.1 Å². The molecule has 7 nitrogen and oxygen atoms in total. The van der Waals surface area contributed by atoms with Crippen molar-refractivity contribution in [2.45, 2.75) is 33.0 Å². The van der Waals surface area contributed by atoms with Gasteiger partial charge in [0.25, 0.3) is 5.91 Å². The van der Waals surface area contributed by atoms with Crippen molar-refractivity contribution in [3.05, 3.63) is 46.0 Å². The fourth-order valence-corrected chi connectivity index (χ4v) is 2.64. The van der Waals surface area contributed by atoms with E-state index in [2.05, 4.69) is 10.1 Å². The van der Waals surface area contributed by atoms with E-state index in [4.69, 9.17) is 5.11 Å². The van der Waals surface area contributed by atoms with E-state index in [1.807, 2.05) is 5.32 Å². The number of carbonyl (C=O) groups excluding carboxylic acids is 1. The van der Waals surface area contributed by atoms with Crippen LogP contribution in [-0.4, -0.2) is 37.9 Å². The molecule has 0 aliphatic rings. The van der Waals surface area contributed by atoms with Crippen LogP contribution >= 0.6 is 0 Å². The van der Waals surface area contributed by atoms with Gasteiger partial charge >= 0.3 is 12.1 Å². The second-order valence-electron chi connectivity index (χ2n) is 5.79. The molecule has 0 bridgehead atoms. The summed E-state index contributed by atoms with van der Waals surface area (Å²) in [6.07, 6.45) is -4.75. The van der Waals surface area contributed by atoms with Gasteiger partial charge in [-0.25, -0.2) is 9.78 Å². The molecule has 10 heteroatoms. The van der Waals surface area contributed by atoms with Crippen molar-refractivity contribution in [3.63, 3.8) is 0 Å². The van der Waals surface area contributed by atoms with Gasteiger partial charge in [-0.2, -0.15) is 18.3 Å². The zero-order valence-electron chi connectivity index (χ0n) is 14.5. The summed E-state index contributed by atoms with van der Waals surface area (Å²) >= 11 is 0. The minimum atomic E-state index is -4.75. The predicted molar refractivity (Wildman–Crippen MR) is 84.9 cm³/mol. The molecule has 2 heterocycles. The first-order valence-corrected chi connectivity index (χ1v) is 7.52. The van der Waals surface area contributed by atoms with Crippen LogP contribution in [0.2, 0.25) is 0 Å². The first-order chi connectivity index (χ1) is 11.9. The second kappa shape index (κ2) is 6.77. The number of carboxylic acid groups (broad SMARTS) is 1. The molecule has 2 N–H and O–H groups in total. The average molecular weight is 370 g/mol. The summed E-state index contributed by atoms with van der Waals surface area (Å²) in [6.45, 7) is 4.26. The molecule has 26 heavy (non-hydrogen) atoms. The lowest BCUT2D eigenvalue weighted by Crippen LogP contribution is -2.39. The maximum Gasteiger partial charge on any atom is 0.413 e. The first-order valence-electron chi connectivity index (χ1n) is 7.52. The molecule has 0 spiro atoms. The van der Waals surface area contributed by atoms with Crippen LogP contribution in [0.1, 0.15) is 49.5 Å². The molecule has 0 saturated heterocycles. The number of aryl methyl sites for hydroxylation is 3. The molecular formula is C16H17F3N4O3. The molecule has 0 fully saturated rings. The minimum Gasteiger partial charge on any atom is -0.478 e. The Morgan fingerprint density at radius 3 is 2.23 bits per heavy atom. The number of amides is 1. The SMILES string of the molecule is Cc1nc(C(=O)NC(c2c(C)nn(C)c2C)C(F)(F)F)ccc1C(=O)O. The van der Waals surface area contributed by atoms with Gasteiger partial charge in [-0.3, -0.25) is 9.48 Å². The number of nitrogens with zero attached hydrogens (tertiary/aromatic N) is 3. The fourth-order valence-electron chi connectivity index (χ4n) is 2.64. The Balaban J connectivity index is 2.39. The summed E-state index contributed by atoms with van der Waals surface area (Å²) in [5.41, 5.74) is -0.114. The maximum absolute atomic E-state index is 13.6. The van der Waals surface area contributed by atoms with Crippen molar-refractivity contribution in [1.82, 2.24) is 20.1 Å². The number of carboxylic acids is 1. The van der Waals surface area contributed by atoms with Gasteiger partial charge in [0.15, 0.2) is 6.04 Å². The zero-order valence-corrected chi connectivity index (χ0v) is 14.5. The number of hydrogen-bond acceptors (Lipinski definition) is 4. The highest BCUT2D eigenvalue weighted by molar-refractivity contribution is 5.94. The van der Waals surface area contributed by atoms with Gasteiger partial charge in [-0.05, 0) is 32.9 Å². The fraction of sp³-hybridized carbons (Fsp3) is 0.375. The standard InChI is InChI=1S/C16H17F3N4O3/c1-7-10(15(25)26)5-6-11(20-7)14(24)21-13(16(17,18)19)12-8(2)22-23(4)9(12)3/h5-6,13H,1-4H3,(H,21,24)(H,25,26). The Morgan fingerprint density at radius 2 is 1.81 bits per heavy atom. The molecule has 1 atom stereocenters. The summed E-state index contributed by atoms with van der Waals surface area (Å²) in [4.78, 5) is 27.1. The number of nitrogens with one attached hydrogen (secondary N) is 1. The molecule has 0 radical (unpaired) electrons. The lowest BCUT2D eigenvalue weighted by atomic mass is 10.0. The van der Waals surface area contributed by atoms with E-state index in [0.29, 0.717) is 0 Å². The molecule has 2 rings (SSSR count). The third-order valence-corrected chi connectivity index (χ3v) is 4.01. The van der Waals surface area contributed by atoms with E-state index in [-0.39, 0.29) is 33.9 Å². The molecule has 1 amide bonds. The van der Waals surface area contributed by atoms with Gasteiger partial charge in [0.2, 0.25) is 0 Å². The number of rotatable bonds is 4. The van der Waals surface area contributed by atoms with Crippen molar-refractivity contribution in [3.8, 4) is 0 Å². The summed E-state index contributed by atoms with van der Waals surface area (Å²) in [5.74, 6) is -2.30. The topological polar surface area (TPSA) is 97.1 Å². The van der Waals surface area contributed by atoms with Crippen molar-refractivity contribution in [1.29, 1.82) is 0 Å². The van der Waals surface area contributed by atoms with E-state index >= 15 is 0 Å². The maximum atomic E-state index is 13.6. The van der Waals surface area contributed by atoms with Gasteiger partial charge in [0, 0.05) is 18.3 Å². The van der Waals surface area contributed by atoms with Crippen LogP contribution in [0, 0.1) is 20.8 Å². The Hall–Kier alpha value is -2.91. The van der Waals surface area contributed by atoms with E-state index < -0.39 is 24.1 Å². The second-order valence-corrected chi connectivity index (χ2v) is 5.79. The van der Waals surface area contributed by atoms with Crippen molar-refractivity contribution >= 4 is 11.9 Å². The van der Waals surface area contributed by atoms with Crippen LogP contribution in [0.5, 0.6) is 0 Å². The van der Waals surface area contributed by atoms with Crippen molar-refractivity contribution in [2.24, 2.45) is 7.05 Å². The molecule has 0 saturated carbocycles. The van der Waals surface area contributed by atoms with Crippen molar-refractivity contribution < 1.29 is 27.9 Å². The van der Waals surface area contributed by atoms with E-state index in [1.54, 1.807) is 0 Å². The van der Waals surface area contributed by atoms with Gasteiger partial charge in [0.05, 0.1) is 17.0 Å². The Morgan fingerprint density at radius 1 is 1.19 bits per heavy atom. The lowest BCUT2D eigenvalue weighted by molar-refractivity contribution is -0.155. The molecule has 140 valence electrons. The molecule has 2 aromatic rings. The molecule has 0 aliphatic heterocycles. The van der Waals surface area contributed by atoms with E-state index in [9.17, 15) is 22.8 Å². The van der Waals surface area contributed by atoms with Gasteiger partial charge in [0.1, 0.15) is 5.69 Å². The normalized spacial score (nSPS) is 12.7. The first kappa shape index (κ1) is 19.4. The monoisotopic (exact) mass is 370 g/mol. The van der Waals surface area contributed by atoms with Crippen LogP contribution < -0.4 is 5.32 Å². The Kier molecular flexibility index (Phi) is 5.06. The van der Waals surface area contributed by atoms with Crippen LogP contribution in [0.4, 0.5) is 13.2 Å². The van der Waals surface area contributed by atoms with Gasteiger partial charge < -0.3 is 10.4 Å². The number of halogens is 3. The number of pyridine rings is 1. The highest BCUT2D eigenvalue weighted by Crippen LogP contribution is 2.36. The summed E-state index contributed by atoms with van der Waals surface area (Å²) in [6, 6.07) is -0.0600. The predicted octanol–water partition coefficient (Wildman–Crippen LogP) is 2.47. The molecule has 0 aromatic carbocycles. The Labute approximate surface area is 146 Å². The number of aromatic carboxylic acids is 1. The van der Waals surface area contributed by atoms with Crippen LogP contribution in [-0.2, 0) is 7.05 Å². The van der Waals surface area contributed by atoms with Crippen LogP contribution in [0.25, 0.3) is 0 Å². The molecule has 2 aromatic heterocycles. The zero-order chi connectivity index (χ0) is 19.8. The largest absolute Gasteiger partial charge is 0.478 e. The highest BCUT2D eigenvalue weighted by atomic mass is 19.4. The van der Waals surface area contributed by atoms with E-state index in [0.717, 1.165) is 12.1 Å². The Bertz CT molecular complexity index is 874. The minimum absolute atomic E-state index is 0.0300. The smallest absolute Gasteiger partial charge is 0.413 e. The third kappa shape index (κ3) is 3.68. The van der Waals surface area contributed by atoms with E-state index in [1.165, 1.54) is 32.5 Å². The number of hydrogen-bond donors (Lipinski definition) is 2. The summed E-state index contributed by atoms with van der Waals surface area (Å²) < 4.78 is 42.0. The number of carbonyl (C=O) groups is 2. The lowest BCUT2D eigenvalue weighted by Gasteiger charge is -2.22. The summed E-state index contributed by atoms with van der Waals surface area (Å²) in [7, 11) is 1.51. The van der Waals surface area contributed by atoms with Gasteiger partial charge in [-0.1, -0.05) is 0 Å². The van der Waals surface area contributed by atoms with Crippen molar-refractivity contribution in [2.75, 3.05) is 0 Å². The number of aromatic nitrogens is 3.